The van der Waals surface area contributed by atoms with Crippen molar-refractivity contribution in [2.75, 3.05) is 7.11 Å². The lowest BCUT2D eigenvalue weighted by Gasteiger charge is -2.19. The minimum absolute atomic E-state index is 0.193. The van der Waals surface area contributed by atoms with E-state index in [4.69, 9.17) is 4.74 Å². The van der Waals surface area contributed by atoms with Crippen molar-refractivity contribution in [1.82, 2.24) is 10.6 Å². The maximum absolute atomic E-state index is 13.1. The number of aryl methyl sites for hydroxylation is 1. The summed E-state index contributed by atoms with van der Waals surface area (Å²) >= 11 is 1.50. The lowest BCUT2D eigenvalue weighted by atomic mass is 10.0. The van der Waals surface area contributed by atoms with Crippen LogP contribution in [0.15, 0.2) is 71.7 Å². The van der Waals surface area contributed by atoms with Gasteiger partial charge < -0.3 is 15.4 Å². The van der Waals surface area contributed by atoms with Crippen LogP contribution in [-0.2, 0) is 4.79 Å². The first-order valence-corrected chi connectivity index (χ1v) is 11.0. The van der Waals surface area contributed by atoms with Gasteiger partial charge in [0.25, 0.3) is 11.8 Å². The van der Waals surface area contributed by atoms with Gasteiger partial charge in [-0.05, 0) is 60.7 Å². The molecule has 0 radical (unpaired) electrons. The summed E-state index contributed by atoms with van der Waals surface area (Å²) in [6, 6.07) is 18.4. The number of hydrogen-bond donors (Lipinski definition) is 2. The Bertz CT molecular complexity index is 1040. The minimum atomic E-state index is -0.337. The van der Waals surface area contributed by atoms with Crippen LogP contribution in [0.2, 0.25) is 0 Å². The third-order valence-electron chi connectivity index (χ3n) is 4.87. The number of nitrogens with one attached hydrogen (secondary N) is 2. The highest BCUT2D eigenvalue weighted by Gasteiger charge is 2.19. The third kappa shape index (κ3) is 6.06. The van der Waals surface area contributed by atoms with E-state index < -0.39 is 0 Å². The minimum Gasteiger partial charge on any atom is -0.497 e. The van der Waals surface area contributed by atoms with Gasteiger partial charge in [0, 0.05) is 10.4 Å². The Morgan fingerprint density at radius 2 is 1.77 bits per heavy atom. The third-order valence-corrected chi connectivity index (χ3v) is 5.69. The van der Waals surface area contributed by atoms with E-state index in [0.29, 0.717) is 12.0 Å². The van der Waals surface area contributed by atoms with Crippen LogP contribution in [0.5, 0.6) is 5.75 Å². The van der Waals surface area contributed by atoms with Crippen LogP contribution < -0.4 is 15.4 Å². The highest BCUT2D eigenvalue weighted by Crippen LogP contribution is 2.21. The molecule has 31 heavy (non-hydrogen) atoms. The van der Waals surface area contributed by atoms with Crippen LogP contribution in [-0.4, -0.2) is 18.9 Å². The fourth-order valence-electron chi connectivity index (χ4n) is 3.07. The smallest absolute Gasteiger partial charge is 0.268 e. The number of carbonyl (C=O) groups excluding carboxylic acids is 2. The first kappa shape index (κ1) is 22.3. The van der Waals surface area contributed by atoms with Crippen LogP contribution in [0.1, 0.15) is 45.7 Å². The molecule has 0 spiro atoms. The fraction of sp³-hybridized carbons (Fsp3) is 0.200. The Hall–Kier alpha value is -3.38. The highest BCUT2D eigenvalue weighted by atomic mass is 32.1. The topological polar surface area (TPSA) is 67.4 Å². The molecule has 0 fully saturated rings. The molecule has 0 unspecified atom stereocenters. The van der Waals surface area contributed by atoms with Crippen molar-refractivity contribution >= 4 is 29.2 Å². The summed E-state index contributed by atoms with van der Waals surface area (Å²) in [6.45, 7) is 3.96. The Labute approximate surface area is 186 Å². The normalized spacial score (nSPS) is 12.2. The summed E-state index contributed by atoms with van der Waals surface area (Å²) in [5, 5.41) is 7.75. The molecule has 2 amide bonds. The molecule has 1 atom stereocenters. The van der Waals surface area contributed by atoms with Crippen LogP contribution in [0, 0.1) is 6.92 Å². The molecule has 0 saturated heterocycles. The van der Waals surface area contributed by atoms with Gasteiger partial charge in [0.2, 0.25) is 0 Å². The first-order valence-electron chi connectivity index (χ1n) is 10.1. The first-order chi connectivity index (χ1) is 15.0. The molecule has 0 bridgehead atoms. The second-order valence-electron chi connectivity index (χ2n) is 7.10. The number of methoxy groups -OCH3 is 1. The Morgan fingerprint density at radius 3 is 2.35 bits per heavy atom. The molecule has 0 aliphatic carbocycles. The monoisotopic (exact) mass is 434 g/mol. The molecular formula is C25H26N2O3S. The summed E-state index contributed by atoms with van der Waals surface area (Å²) < 4.78 is 5.21. The van der Waals surface area contributed by atoms with Gasteiger partial charge in [-0.2, -0.15) is 0 Å². The highest BCUT2D eigenvalue weighted by molar-refractivity contribution is 7.10. The van der Waals surface area contributed by atoms with Crippen LogP contribution in [0.3, 0.4) is 0 Å². The molecule has 0 aliphatic heterocycles. The van der Waals surface area contributed by atoms with E-state index in [-0.39, 0.29) is 23.6 Å². The largest absolute Gasteiger partial charge is 0.497 e. The van der Waals surface area contributed by atoms with Crippen molar-refractivity contribution in [3.05, 3.63) is 93.3 Å². The number of benzene rings is 2. The van der Waals surface area contributed by atoms with E-state index in [9.17, 15) is 9.59 Å². The van der Waals surface area contributed by atoms with Crippen LogP contribution >= 0.6 is 11.3 Å². The second-order valence-corrected chi connectivity index (χ2v) is 8.08. The molecule has 160 valence electrons. The maximum atomic E-state index is 13.1. The van der Waals surface area contributed by atoms with Crippen LogP contribution in [0.4, 0.5) is 0 Å². The van der Waals surface area contributed by atoms with Gasteiger partial charge >= 0.3 is 0 Å². The molecule has 3 aromatic rings. The van der Waals surface area contributed by atoms with Crippen molar-refractivity contribution in [3.8, 4) is 5.75 Å². The van der Waals surface area contributed by atoms with E-state index in [1.165, 1.54) is 11.3 Å². The lowest BCUT2D eigenvalue weighted by Crippen LogP contribution is -2.36. The van der Waals surface area contributed by atoms with Gasteiger partial charge in [-0.3, -0.25) is 9.59 Å². The SMILES string of the molecule is CC[C@H](NC(=O)/C(=C/c1cccs1)NC(=O)c1ccc(C)cc1)c1ccc(OC)cc1. The van der Waals surface area contributed by atoms with Gasteiger partial charge in [-0.25, -0.2) is 0 Å². The molecule has 0 saturated carbocycles. The second kappa shape index (κ2) is 10.6. The number of amides is 2. The molecular weight excluding hydrogens is 408 g/mol. The number of rotatable bonds is 8. The van der Waals surface area contributed by atoms with Crippen molar-refractivity contribution < 1.29 is 14.3 Å². The van der Waals surface area contributed by atoms with Crippen LogP contribution in [0.25, 0.3) is 6.08 Å². The Morgan fingerprint density at radius 1 is 1.06 bits per heavy atom. The molecule has 3 rings (SSSR count). The summed E-state index contributed by atoms with van der Waals surface area (Å²) in [4.78, 5) is 26.8. The maximum Gasteiger partial charge on any atom is 0.268 e. The standard InChI is InChI=1S/C25H26N2O3S/c1-4-22(18-11-13-20(30-3)14-12-18)26-25(29)23(16-21-6-5-15-31-21)27-24(28)19-9-7-17(2)8-10-19/h5-16,22H,4H2,1-3H3,(H,26,29)(H,27,28)/b23-16-/t22-/m0/s1. The van der Waals surface area contributed by atoms with Crippen molar-refractivity contribution in [2.24, 2.45) is 0 Å². The van der Waals surface area contributed by atoms with E-state index in [0.717, 1.165) is 21.8 Å². The van der Waals surface area contributed by atoms with E-state index >= 15 is 0 Å². The van der Waals surface area contributed by atoms with Gasteiger partial charge in [-0.1, -0.05) is 42.8 Å². The van der Waals surface area contributed by atoms with Crippen molar-refractivity contribution in [2.45, 2.75) is 26.3 Å². The average molecular weight is 435 g/mol. The Balaban J connectivity index is 1.81. The number of ether oxygens (including phenoxy) is 1. The van der Waals surface area contributed by atoms with Crippen molar-refractivity contribution in [3.63, 3.8) is 0 Å². The fourth-order valence-corrected chi connectivity index (χ4v) is 3.72. The average Bonchev–Trinajstić information content (AvgIpc) is 3.30. The molecule has 5 nitrogen and oxygen atoms in total. The van der Waals surface area contributed by atoms with Gasteiger partial charge in [-0.15, -0.1) is 11.3 Å². The van der Waals surface area contributed by atoms with Gasteiger partial charge in [0.15, 0.2) is 0 Å². The Kier molecular flexibility index (Phi) is 7.62. The van der Waals surface area contributed by atoms with Gasteiger partial charge in [0.1, 0.15) is 11.4 Å². The molecule has 6 heteroatoms. The molecule has 1 aromatic heterocycles. The zero-order valence-corrected chi connectivity index (χ0v) is 18.7. The summed E-state index contributed by atoms with van der Waals surface area (Å²) in [6.07, 6.45) is 2.41. The molecule has 1 heterocycles. The molecule has 2 N–H and O–H groups in total. The summed E-state index contributed by atoms with van der Waals surface area (Å²) in [5.41, 5.74) is 2.74. The summed E-state index contributed by atoms with van der Waals surface area (Å²) in [7, 11) is 1.62. The van der Waals surface area contributed by atoms with E-state index in [2.05, 4.69) is 10.6 Å². The van der Waals surface area contributed by atoms with E-state index in [1.54, 1.807) is 25.3 Å². The number of thiophene rings is 1. The predicted molar refractivity (Wildman–Crippen MR) is 125 cm³/mol. The number of hydrogen-bond acceptors (Lipinski definition) is 4. The van der Waals surface area contributed by atoms with Gasteiger partial charge in [0.05, 0.1) is 13.2 Å². The quantitative estimate of drug-likeness (QED) is 0.485. The number of carbonyl (C=O) groups is 2. The zero-order chi connectivity index (χ0) is 22.2. The van der Waals surface area contributed by atoms with E-state index in [1.807, 2.05) is 67.8 Å². The summed E-state index contributed by atoms with van der Waals surface area (Å²) in [5.74, 6) is 0.0977. The van der Waals surface area contributed by atoms with Crippen molar-refractivity contribution in [1.29, 1.82) is 0 Å². The predicted octanol–water partition coefficient (Wildman–Crippen LogP) is 5.10. The zero-order valence-electron chi connectivity index (χ0n) is 17.8. The molecule has 2 aromatic carbocycles. The lowest BCUT2D eigenvalue weighted by molar-refractivity contribution is -0.118. The molecule has 0 aliphatic rings.